The van der Waals surface area contributed by atoms with Gasteiger partial charge in [-0.15, -0.1) is 11.3 Å². The number of ether oxygens (including phenoxy) is 1. The van der Waals surface area contributed by atoms with Crippen molar-refractivity contribution >= 4 is 28.1 Å². The molecule has 1 atom stereocenters. The van der Waals surface area contributed by atoms with E-state index in [9.17, 15) is 0 Å². The lowest BCUT2D eigenvalue weighted by Crippen LogP contribution is -2.38. The number of rotatable bonds is 5. The number of hydrogen-bond donors (Lipinski definition) is 0. The minimum atomic E-state index is 0.576. The van der Waals surface area contributed by atoms with Gasteiger partial charge in [0.05, 0.1) is 17.0 Å². The zero-order valence-corrected chi connectivity index (χ0v) is 15.3. The van der Waals surface area contributed by atoms with Gasteiger partial charge in [-0.05, 0) is 49.3 Å². The van der Waals surface area contributed by atoms with Gasteiger partial charge in [0.15, 0.2) is 5.82 Å². The Hall–Kier alpha value is -1.98. The van der Waals surface area contributed by atoms with Gasteiger partial charge in [0, 0.05) is 25.1 Å². The first-order valence-corrected chi connectivity index (χ1v) is 9.86. The second kappa shape index (κ2) is 7.50. The highest BCUT2D eigenvalue weighted by Crippen LogP contribution is 2.31. The molecule has 0 bridgehead atoms. The van der Waals surface area contributed by atoms with Crippen LogP contribution in [0.2, 0.25) is 0 Å². The first-order chi connectivity index (χ1) is 12.3. The molecule has 0 spiro atoms. The average Bonchev–Trinajstić information content (AvgIpc) is 3.20. The van der Waals surface area contributed by atoms with Gasteiger partial charge in [-0.2, -0.15) is 0 Å². The molecule has 1 saturated heterocycles. The highest BCUT2D eigenvalue weighted by atomic mass is 32.1. The molecule has 0 saturated carbocycles. The van der Waals surface area contributed by atoms with Gasteiger partial charge >= 0.3 is 0 Å². The largest absolute Gasteiger partial charge is 0.381 e. The third-order valence-electron chi connectivity index (χ3n) is 4.70. The molecule has 1 unspecified atom stereocenters. The maximum Gasteiger partial charge on any atom is 0.172 e. The smallest absolute Gasteiger partial charge is 0.172 e. The van der Waals surface area contributed by atoms with Crippen LogP contribution in [-0.4, -0.2) is 36.3 Å². The van der Waals surface area contributed by atoms with Crippen LogP contribution in [0.25, 0.3) is 21.6 Å². The molecule has 1 aromatic carbocycles. The van der Waals surface area contributed by atoms with Crippen LogP contribution in [0.3, 0.4) is 0 Å². The number of piperidine rings is 1. The Morgan fingerprint density at radius 3 is 2.96 bits per heavy atom. The molecule has 0 radical (unpaired) electrons. The van der Waals surface area contributed by atoms with Crippen LogP contribution < -0.4 is 4.90 Å². The molecule has 130 valence electrons. The number of para-hydroxylation sites is 1. The fourth-order valence-corrected chi connectivity index (χ4v) is 4.15. The summed E-state index contributed by atoms with van der Waals surface area (Å²) in [6.45, 7) is 5.74. The first kappa shape index (κ1) is 16.5. The molecular formula is C20H23N3OS. The van der Waals surface area contributed by atoms with Gasteiger partial charge in [-0.3, -0.25) is 0 Å². The number of nitrogens with zero attached hydrogens (tertiary/aromatic N) is 3. The standard InChI is InChI=1S/C20H23N3OS/c1-2-24-14-15-7-5-11-23(13-15)20-16-8-3-4-9-17(16)21-19(22-20)18-10-6-12-25-18/h3-4,6,8-10,12,15H,2,5,7,11,13-14H2,1H3. The molecule has 3 heterocycles. The monoisotopic (exact) mass is 353 g/mol. The number of thiophene rings is 1. The lowest BCUT2D eigenvalue weighted by Gasteiger charge is -2.34. The van der Waals surface area contributed by atoms with E-state index in [4.69, 9.17) is 14.7 Å². The second-order valence-corrected chi connectivity index (χ2v) is 7.43. The summed E-state index contributed by atoms with van der Waals surface area (Å²) in [5, 5.41) is 3.21. The van der Waals surface area contributed by atoms with Crippen molar-refractivity contribution in [3.05, 3.63) is 41.8 Å². The van der Waals surface area contributed by atoms with Crippen LogP contribution in [0.4, 0.5) is 5.82 Å². The molecule has 4 nitrogen and oxygen atoms in total. The summed E-state index contributed by atoms with van der Waals surface area (Å²) in [5.41, 5.74) is 1.02. The number of fused-ring (bicyclic) bond motifs is 1. The molecule has 2 aromatic heterocycles. The van der Waals surface area contributed by atoms with E-state index in [0.29, 0.717) is 5.92 Å². The topological polar surface area (TPSA) is 38.2 Å². The minimum absolute atomic E-state index is 0.576. The summed E-state index contributed by atoms with van der Waals surface area (Å²) in [4.78, 5) is 13.3. The quantitative estimate of drug-likeness (QED) is 0.671. The fraction of sp³-hybridized carbons (Fsp3) is 0.400. The van der Waals surface area contributed by atoms with Crippen molar-refractivity contribution in [3.63, 3.8) is 0 Å². The maximum absolute atomic E-state index is 5.67. The molecule has 0 amide bonds. The van der Waals surface area contributed by atoms with Crippen LogP contribution in [0.5, 0.6) is 0 Å². The Kier molecular flexibility index (Phi) is 4.95. The van der Waals surface area contributed by atoms with Crippen LogP contribution in [-0.2, 0) is 4.74 Å². The highest BCUT2D eigenvalue weighted by molar-refractivity contribution is 7.13. The summed E-state index contributed by atoms with van der Waals surface area (Å²) in [6.07, 6.45) is 2.42. The summed E-state index contributed by atoms with van der Waals surface area (Å²) in [7, 11) is 0. The number of aromatic nitrogens is 2. The van der Waals surface area contributed by atoms with Gasteiger partial charge < -0.3 is 9.64 Å². The molecule has 0 N–H and O–H groups in total. The maximum atomic E-state index is 5.67. The Balaban J connectivity index is 1.72. The van der Waals surface area contributed by atoms with E-state index >= 15 is 0 Å². The molecule has 0 aliphatic carbocycles. The second-order valence-electron chi connectivity index (χ2n) is 6.48. The van der Waals surface area contributed by atoms with E-state index in [1.165, 1.54) is 12.8 Å². The minimum Gasteiger partial charge on any atom is -0.381 e. The Morgan fingerprint density at radius 1 is 1.20 bits per heavy atom. The van der Waals surface area contributed by atoms with Crippen molar-refractivity contribution in [2.24, 2.45) is 5.92 Å². The lowest BCUT2D eigenvalue weighted by molar-refractivity contribution is 0.104. The van der Waals surface area contributed by atoms with E-state index < -0.39 is 0 Å². The summed E-state index contributed by atoms with van der Waals surface area (Å²) < 4.78 is 5.67. The first-order valence-electron chi connectivity index (χ1n) is 8.98. The summed E-state index contributed by atoms with van der Waals surface area (Å²) >= 11 is 1.69. The number of anilines is 1. The van der Waals surface area contributed by atoms with Gasteiger partial charge in [0.25, 0.3) is 0 Å². The molecule has 1 fully saturated rings. The molecule has 5 heteroatoms. The van der Waals surface area contributed by atoms with Gasteiger partial charge in [-0.25, -0.2) is 9.97 Å². The molecule has 3 aromatic rings. The van der Waals surface area contributed by atoms with Crippen molar-refractivity contribution in [3.8, 4) is 10.7 Å². The van der Waals surface area contributed by atoms with Crippen molar-refractivity contribution < 1.29 is 4.74 Å². The average molecular weight is 353 g/mol. The van der Waals surface area contributed by atoms with E-state index in [-0.39, 0.29) is 0 Å². The zero-order valence-electron chi connectivity index (χ0n) is 14.5. The van der Waals surface area contributed by atoms with Crippen LogP contribution in [0.1, 0.15) is 19.8 Å². The van der Waals surface area contributed by atoms with Crippen LogP contribution >= 0.6 is 11.3 Å². The number of hydrogen-bond acceptors (Lipinski definition) is 5. The molecule has 4 rings (SSSR count). The predicted octanol–water partition coefficient (Wildman–Crippen LogP) is 4.61. The normalized spacial score (nSPS) is 18.0. The molecule has 1 aliphatic heterocycles. The van der Waals surface area contributed by atoms with Gasteiger partial charge in [-0.1, -0.05) is 18.2 Å². The third-order valence-corrected chi connectivity index (χ3v) is 5.57. The van der Waals surface area contributed by atoms with E-state index in [0.717, 1.165) is 53.7 Å². The summed E-state index contributed by atoms with van der Waals surface area (Å²) in [5.74, 6) is 2.47. The molecule has 1 aliphatic rings. The molecule has 25 heavy (non-hydrogen) atoms. The Labute approximate surface area is 152 Å². The van der Waals surface area contributed by atoms with Gasteiger partial charge in [0.1, 0.15) is 5.82 Å². The molecular weight excluding hydrogens is 330 g/mol. The number of benzene rings is 1. The van der Waals surface area contributed by atoms with Gasteiger partial charge in [0.2, 0.25) is 0 Å². The predicted molar refractivity (Wildman–Crippen MR) is 104 cm³/mol. The van der Waals surface area contributed by atoms with E-state index in [1.54, 1.807) is 11.3 Å². The van der Waals surface area contributed by atoms with E-state index in [2.05, 4.69) is 47.5 Å². The summed E-state index contributed by atoms with van der Waals surface area (Å²) in [6, 6.07) is 12.5. The van der Waals surface area contributed by atoms with Crippen LogP contribution in [0.15, 0.2) is 41.8 Å². The van der Waals surface area contributed by atoms with E-state index in [1.807, 2.05) is 6.07 Å². The lowest BCUT2D eigenvalue weighted by atomic mass is 9.98. The van der Waals surface area contributed by atoms with Crippen molar-refractivity contribution in [2.75, 3.05) is 31.2 Å². The third kappa shape index (κ3) is 3.53. The zero-order chi connectivity index (χ0) is 17.1. The van der Waals surface area contributed by atoms with Crippen LogP contribution in [0, 0.1) is 5.92 Å². The van der Waals surface area contributed by atoms with Crippen molar-refractivity contribution in [2.45, 2.75) is 19.8 Å². The van der Waals surface area contributed by atoms with Crippen molar-refractivity contribution in [1.29, 1.82) is 0 Å². The Bertz CT molecular complexity index is 834. The SMILES string of the molecule is CCOCC1CCCN(c2nc(-c3cccs3)nc3ccccc23)C1. The fourth-order valence-electron chi connectivity index (χ4n) is 3.49. The Morgan fingerprint density at radius 2 is 2.12 bits per heavy atom. The highest BCUT2D eigenvalue weighted by Gasteiger charge is 2.23. The van der Waals surface area contributed by atoms with Crippen molar-refractivity contribution in [1.82, 2.24) is 9.97 Å².